The standard InChI is InChI=1S/C23H34ClNOS/c1-17(2)22(15-27-18(3)4)25(5)21(19-7-9-20(24)10-8-19)11-14-23(16-26)12-6-13-23/h6-10,12,16-18,21-22H,11,13-15H2,1-5H3/t21?,22?,23-/m0/s1. The lowest BCUT2D eigenvalue weighted by Gasteiger charge is -2.40. The molecule has 2 nitrogen and oxygen atoms in total. The largest absolute Gasteiger partial charge is 0.302 e. The van der Waals surface area contributed by atoms with Crippen LogP contribution in [0.1, 0.15) is 58.6 Å². The summed E-state index contributed by atoms with van der Waals surface area (Å²) in [5.41, 5.74) is 1.04. The number of halogens is 1. The monoisotopic (exact) mass is 407 g/mol. The first-order chi connectivity index (χ1) is 12.8. The van der Waals surface area contributed by atoms with Crippen molar-refractivity contribution < 1.29 is 4.79 Å². The molecule has 0 radical (unpaired) electrons. The summed E-state index contributed by atoms with van der Waals surface area (Å²) in [4.78, 5) is 14.1. The van der Waals surface area contributed by atoms with E-state index in [0.717, 1.165) is 36.3 Å². The SMILES string of the molecule is CC(C)SCC(C(C)C)N(C)C(CC[C@]1(C=O)C=CC1)c1ccc(Cl)cc1. The van der Waals surface area contributed by atoms with Gasteiger partial charge in [0, 0.05) is 28.3 Å². The van der Waals surface area contributed by atoms with Crippen molar-refractivity contribution in [3.05, 3.63) is 47.0 Å². The van der Waals surface area contributed by atoms with Gasteiger partial charge >= 0.3 is 0 Å². The first-order valence-electron chi connectivity index (χ1n) is 10.0. The molecule has 0 saturated carbocycles. The van der Waals surface area contributed by atoms with Crippen molar-refractivity contribution in [1.29, 1.82) is 0 Å². The lowest BCUT2D eigenvalue weighted by molar-refractivity contribution is -0.115. The Bertz CT molecular complexity index is 628. The Labute approximate surface area is 174 Å². The molecule has 1 aromatic carbocycles. The summed E-state index contributed by atoms with van der Waals surface area (Å²) in [7, 11) is 2.25. The number of thioether (sulfide) groups is 1. The zero-order valence-electron chi connectivity index (χ0n) is 17.3. The normalized spacial score (nSPS) is 21.5. The van der Waals surface area contributed by atoms with Gasteiger partial charge in [-0.15, -0.1) is 0 Å². The molecule has 0 fully saturated rings. The first-order valence-corrected chi connectivity index (χ1v) is 11.4. The van der Waals surface area contributed by atoms with Crippen molar-refractivity contribution in [3.8, 4) is 0 Å². The topological polar surface area (TPSA) is 20.3 Å². The molecule has 0 aliphatic heterocycles. The van der Waals surface area contributed by atoms with E-state index in [2.05, 4.69) is 63.9 Å². The fourth-order valence-electron chi connectivity index (χ4n) is 3.75. The molecule has 1 aromatic rings. The van der Waals surface area contributed by atoms with Gasteiger partial charge in [0.15, 0.2) is 0 Å². The molecule has 0 aromatic heterocycles. The van der Waals surface area contributed by atoms with Crippen molar-refractivity contribution in [2.75, 3.05) is 12.8 Å². The van der Waals surface area contributed by atoms with E-state index in [-0.39, 0.29) is 11.5 Å². The van der Waals surface area contributed by atoms with Crippen LogP contribution in [-0.4, -0.2) is 35.3 Å². The van der Waals surface area contributed by atoms with Crippen LogP contribution in [0.3, 0.4) is 0 Å². The van der Waals surface area contributed by atoms with E-state index in [0.29, 0.717) is 17.2 Å². The van der Waals surface area contributed by atoms with Gasteiger partial charge in [0.05, 0.1) is 0 Å². The van der Waals surface area contributed by atoms with Gasteiger partial charge in [0.1, 0.15) is 6.29 Å². The van der Waals surface area contributed by atoms with E-state index in [1.807, 2.05) is 23.9 Å². The third-order valence-electron chi connectivity index (χ3n) is 5.70. The lowest BCUT2D eigenvalue weighted by atomic mass is 9.73. The van der Waals surface area contributed by atoms with Crippen LogP contribution in [0.15, 0.2) is 36.4 Å². The van der Waals surface area contributed by atoms with Crippen molar-refractivity contribution in [2.24, 2.45) is 11.3 Å². The molecule has 0 saturated heterocycles. The molecule has 1 aliphatic carbocycles. The molecule has 0 amide bonds. The second-order valence-corrected chi connectivity index (χ2v) is 10.5. The van der Waals surface area contributed by atoms with Gasteiger partial charge in [-0.1, -0.05) is 63.6 Å². The van der Waals surface area contributed by atoms with E-state index in [1.54, 1.807) is 0 Å². The molecule has 0 bridgehead atoms. The summed E-state index contributed by atoms with van der Waals surface area (Å²) in [6.07, 6.45) is 8.06. The highest BCUT2D eigenvalue weighted by Crippen LogP contribution is 2.40. The predicted octanol–water partition coefficient (Wildman–Crippen LogP) is 6.40. The molecular formula is C23H34ClNOS. The van der Waals surface area contributed by atoms with Gasteiger partial charge in [-0.25, -0.2) is 0 Å². The van der Waals surface area contributed by atoms with E-state index in [4.69, 9.17) is 11.6 Å². The van der Waals surface area contributed by atoms with E-state index in [1.165, 1.54) is 5.56 Å². The number of carbonyl (C=O) groups excluding carboxylic acids is 1. The molecule has 150 valence electrons. The number of allylic oxidation sites excluding steroid dienone is 2. The number of hydrogen-bond donors (Lipinski definition) is 0. The molecule has 1 aliphatic rings. The molecule has 3 atom stereocenters. The Kier molecular flexibility index (Phi) is 8.45. The molecule has 0 N–H and O–H groups in total. The fourth-order valence-corrected chi connectivity index (χ4v) is 5.08. The molecule has 2 rings (SSSR count). The van der Waals surface area contributed by atoms with Crippen molar-refractivity contribution >= 4 is 29.6 Å². The summed E-state index contributed by atoms with van der Waals surface area (Å²) in [5.74, 6) is 1.69. The number of rotatable bonds is 11. The summed E-state index contributed by atoms with van der Waals surface area (Å²) in [6, 6.07) is 9.00. The van der Waals surface area contributed by atoms with E-state index in [9.17, 15) is 4.79 Å². The highest BCUT2D eigenvalue weighted by Gasteiger charge is 2.34. The molecular weight excluding hydrogens is 374 g/mol. The van der Waals surface area contributed by atoms with E-state index >= 15 is 0 Å². The van der Waals surface area contributed by atoms with Crippen LogP contribution in [0, 0.1) is 11.3 Å². The van der Waals surface area contributed by atoms with Gasteiger partial charge < -0.3 is 4.79 Å². The zero-order valence-corrected chi connectivity index (χ0v) is 18.9. The molecule has 27 heavy (non-hydrogen) atoms. The number of benzene rings is 1. The minimum absolute atomic E-state index is 0.245. The fraction of sp³-hybridized carbons (Fsp3) is 0.609. The second kappa shape index (κ2) is 10.1. The lowest BCUT2D eigenvalue weighted by Crippen LogP contribution is -2.41. The van der Waals surface area contributed by atoms with Gasteiger partial charge in [-0.2, -0.15) is 11.8 Å². The Hall–Kier alpha value is -0.770. The van der Waals surface area contributed by atoms with Crippen LogP contribution < -0.4 is 0 Å². The average molecular weight is 408 g/mol. The van der Waals surface area contributed by atoms with Crippen molar-refractivity contribution in [3.63, 3.8) is 0 Å². The summed E-state index contributed by atoms with van der Waals surface area (Å²) >= 11 is 8.15. The maximum atomic E-state index is 11.6. The maximum Gasteiger partial charge on any atom is 0.130 e. The molecule has 0 heterocycles. The van der Waals surface area contributed by atoms with Crippen LogP contribution in [0.2, 0.25) is 5.02 Å². The predicted molar refractivity (Wildman–Crippen MR) is 120 cm³/mol. The molecule has 0 spiro atoms. The van der Waals surface area contributed by atoms with Crippen molar-refractivity contribution in [2.45, 2.75) is 64.3 Å². The quantitative estimate of drug-likeness (QED) is 0.312. The van der Waals surface area contributed by atoms with Crippen LogP contribution in [0.25, 0.3) is 0 Å². The molecule has 2 unspecified atom stereocenters. The highest BCUT2D eigenvalue weighted by molar-refractivity contribution is 7.99. The highest BCUT2D eigenvalue weighted by atomic mass is 35.5. The van der Waals surface area contributed by atoms with Gasteiger partial charge in [0.25, 0.3) is 0 Å². The number of aldehydes is 1. The Morgan fingerprint density at radius 2 is 1.85 bits per heavy atom. The zero-order chi connectivity index (χ0) is 20.0. The first kappa shape index (κ1) is 22.5. The third-order valence-corrected chi connectivity index (χ3v) is 7.16. The smallest absolute Gasteiger partial charge is 0.130 e. The van der Waals surface area contributed by atoms with Crippen LogP contribution in [0.5, 0.6) is 0 Å². The minimum atomic E-state index is -0.245. The number of nitrogens with zero attached hydrogens (tertiary/aromatic N) is 1. The summed E-state index contributed by atoms with van der Waals surface area (Å²) < 4.78 is 0. The Morgan fingerprint density at radius 3 is 2.30 bits per heavy atom. The van der Waals surface area contributed by atoms with Gasteiger partial charge in [-0.05, 0) is 55.2 Å². The van der Waals surface area contributed by atoms with Crippen LogP contribution in [0.4, 0.5) is 0 Å². The maximum absolute atomic E-state index is 11.6. The summed E-state index contributed by atoms with van der Waals surface area (Å²) in [5, 5.41) is 1.40. The average Bonchev–Trinajstić information content (AvgIpc) is 2.58. The Balaban J connectivity index is 2.21. The van der Waals surface area contributed by atoms with E-state index < -0.39 is 0 Å². The van der Waals surface area contributed by atoms with Crippen LogP contribution >= 0.6 is 23.4 Å². The third kappa shape index (κ3) is 6.10. The molecule has 4 heteroatoms. The summed E-state index contributed by atoms with van der Waals surface area (Å²) in [6.45, 7) is 9.14. The Morgan fingerprint density at radius 1 is 1.22 bits per heavy atom. The van der Waals surface area contributed by atoms with Gasteiger partial charge in [-0.3, -0.25) is 4.90 Å². The van der Waals surface area contributed by atoms with Gasteiger partial charge in [0.2, 0.25) is 0 Å². The number of hydrogen-bond acceptors (Lipinski definition) is 3. The number of carbonyl (C=O) groups is 1. The van der Waals surface area contributed by atoms with Crippen molar-refractivity contribution in [1.82, 2.24) is 4.90 Å². The second-order valence-electron chi connectivity index (χ2n) is 8.42. The minimum Gasteiger partial charge on any atom is -0.302 e. The van der Waals surface area contributed by atoms with Crippen LogP contribution in [-0.2, 0) is 4.79 Å².